The number of sulfonamides is 1. The lowest BCUT2D eigenvalue weighted by atomic mass is 10.4. The van der Waals surface area contributed by atoms with Gasteiger partial charge in [0.2, 0.25) is 10.0 Å². The van der Waals surface area contributed by atoms with Crippen LogP contribution in [0.4, 0.5) is 0 Å². The molecule has 1 heterocycles. The Labute approximate surface area is 128 Å². The zero-order valence-corrected chi connectivity index (χ0v) is 12.9. The molecule has 2 unspecified atom stereocenters. The molecular formula is C11H13Cl3N2O2S. The molecule has 106 valence electrons. The van der Waals surface area contributed by atoms with E-state index in [2.05, 4.69) is 10.0 Å². The Hall–Kier alpha value is -0.0400. The van der Waals surface area contributed by atoms with Crippen LogP contribution in [0.5, 0.6) is 0 Å². The van der Waals surface area contributed by atoms with Crippen LogP contribution in [0.15, 0.2) is 23.1 Å². The molecule has 3 rings (SSSR count). The fourth-order valence-electron chi connectivity index (χ4n) is 2.52. The Morgan fingerprint density at radius 2 is 1.84 bits per heavy atom. The lowest BCUT2D eigenvalue weighted by molar-refractivity contribution is 0.565. The zero-order chi connectivity index (χ0) is 12.9. The third-order valence-electron chi connectivity index (χ3n) is 3.57. The average Bonchev–Trinajstić information content (AvgIpc) is 2.77. The molecule has 2 aliphatic rings. The average molecular weight is 344 g/mol. The van der Waals surface area contributed by atoms with E-state index in [1.807, 2.05) is 0 Å². The number of hydrogen-bond acceptors (Lipinski definition) is 3. The standard InChI is InChI=1S/C11H12Cl2N2O2S.ClH/c12-6-1-2-9(13)10(3-6)18(16,17)15-11-7-4-14-5-8(7)11;/h1-3,7-8,11,14-15H,4-5H2;1H. The SMILES string of the molecule is Cl.O=S(=O)(NC1C2CNCC21)c1cc(Cl)ccc1Cl. The first-order valence-corrected chi connectivity index (χ1v) is 7.91. The lowest BCUT2D eigenvalue weighted by Gasteiger charge is -2.10. The van der Waals surface area contributed by atoms with Crippen molar-refractivity contribution in [1.29, 1.82) is 0 Å². The fraction of sp³-hybridized carbons (Fsp3) is 0.455. The van der Waals surface area contributed by atoms with Gasteiger partial charge in [-0.1, -0.05) is 23.2 Å². The first-order chi connectivity index (χ1) is 8.49. The molecule has 1 aliphatic heterocycles. The molecule has 0 spiro atoms. The van der Waals surface area contributed by atoms with Crippen molar-refractivity contribution in [3.63, 3.8) is 0 Å². The molecule has 1 saturated carbocycles. The van der Waals surface area contributed by atoms with Gasteiger partial charge in [0, 0.05) is 11.1 Å². The van der Waals surface area contributed by atoms with E-state index in [9.17, 15) is 8.42 Å². The van der Waals surface area contributed by atoms with E-state index in [0.29, 0.717) is 16.9 Å². The molecule has 4 nitrogen and oxygen atoms in total. The second kappa shape index (κ2) is 5.39. The summed E-state index contributed by atoms with van der Waals surface area (Å²) in [4.78, 5) is 0.0506. The van der Waals surface area contributed by atoms with Crippen molar-refractivity contribution < 1.29 is 8.42 Å². The molecule has 1 aromatic rings. The number of fused-ring (bicyclic) bond motifs is 1. The zero-order valence-electron chi connectivity index (χ0n) is 9.77. The van der Waals surface area contributed by atoms with E-state index >= 15 is 0 Å². The van der Waals surface area contributed by atoms with E-state index in [1.165, 1.54) is 12.1 Å². The number of halogens is 3. The highest BCUT2D eigenvalue weighted by molar-refractivity contribution is 7.89. The summed E-state index contributed by atoms with van der Waals surface area (Å²) in [6.07, 6.45) is 0. The van der Waals surface area contributed by atoms with Gasteiger partial charge in [-0.15, -0.1) is 12.4 Å². The van der Waals surface area contributed by atoms with Gasteiger partial charge in [0.1, 0.15) is 4.90 Å². The van der Waals surface area contributed by atoms with Crippen molar-refractivity contribution >= 4 is 45.6 Å². The monoisotopic (exact) mass is 342 g/mol. The minimum Gasteiger partial charge on any atom is -0.316 e. The first kappa shape index (κ1) is 15.4. The normalized spacial score (nSPS) is 28.6. The van der Waals surface area contributed by atoms with Crippen molar-refractivity contribution in [2.45, 2.75) is 10.9 Å². The molecule has 2 fully saturated rings. The van der Waals surface area contributed by atoms with Crippen LogP contribution in [-0.4, -0.2) is 27.5 Å². The maximum atomic E-state index is 12.2. The van der Waals surface area contributed by atoms with Gasteiger partial charge in [-0.05, 0) is 43.1 Å². The summed E-state index contributed by atoms with van der Waals surface area (Å²) in [6.45, 7) is 1.75. The Morgan fingerprint density at radius 1 is 1.21 bits per heavy atom. The van der Waals surface area contributed by atoms with Crippen LogP contribution in [-0.2, 0) is 10.0 Å². The smallest absolute Gasteiger partial charge is 0.242 e. The molecule has 1 aliphatic carbocycles. The number of rotatable bonds is 3. The predicted molar refractivity (Wildman–Crippen MR) is 77.7 cm³/mol. The van der Waals surface area contributed by atoms with Gasteiger partial charge in [-0.25, -0.2) is 13.1 Å². The highest BCUT2D eigenvalue weighted by Gasteiger charge is 2.54. The van der Waals surface area contributed by atoms with Gasteiger partial charge in [0.15, 0.2) is 0 Å². The molecule has 19 heavy (non-hydrogen) atoms. The molecule has 0 bridgehead atoms. The van der Waals surface area contributed by atoms with Crippen molar-refractivity contribution in [3.8, 4) is 0 Å². The molecule has 2 N–H and O–H groups in total. The van der Waals surface area contributed by atoms with Gasteiger partial charge in [0.05, 0.1) is 5.02 Å². The lowest BCUT2D eigenvalue weighted by Crippen LogP contribution is -2.32. The van der Waals surface area contributed by atoms with Gasteiger partial charge in [0.25, 0.3) is 0 Å². The summed E-state index contributed by atoms with van der Waals surface area (Å²) in [6, 6.07) is 4.47. The first-order valence-electron chi connectivity index (χ1n) is 5.67. The van der Waals surface area contributed by atoms with Crippen molar-refractivity contribution in [3.05, 3.63) is 28.2 Å². The van der Waals surface area contributed by atoms with Gasteiger partial charge < -0.3 is 5.32 Å². The number of benzene rings is 1. The predicted octanol–water partition coefficient (Wildman–Crippen LogP) is 1.91. The van der Waals surface area contributed by atoms with Crippen LogP contribution in [0.2, 0.25) is 10.0 Å². The number of piperidine rings is 1. The van der Waals surface area contributed by atoms with Gasteiger partial charge >= 0.3 is 0 Å². The minimum absolute atomic E-state index is 0. The molecule has 8 heteroatoms. The quantitative estimate of drug-likeness (QED) is 0.881. The molecule has 0 radical (unpaired) electrons. The summed E-state index contributed by atoms with van der Waals surface area (Å²) in [5.41, 5.74) is 0. The highest BCUT2D eigenvalue weighted by atomic mass is 35.5. The van der Waals surface area contributed by atoms with Crippen LogP contribution < -0.4 is 10.0 Å². The van der Waals surface area contributed by atoms with Crippen LogP contribution in [0.25, 0.3) is 0 Å². The van der Waals surface area contributed by atoms with Crippen molar-refractivity contribution in [1.82, 2.24) is 10.0 Å². The Balaban J connectivity index is 0.00000133. The molecular weight excluding hydrogens is 331 g/mol. The maximum absolute atomic E-state index is 12.2. The second-order valence-corrected chi connectivity index (χ2v) is 7.23. The van der Waals surface area contributed by atoms with E-state index in [4.69, 9.17) is 23.2 Å². The summed E-state index contributed by atoms with van der Waals surface area (Å²) >= 11 is 11.7. The molecule has 0 amide bonds. The Kier molecular flexibility index (Phi) is 4.35. The maximum Gasteiger partial charge on any atom is 0.242 e. The topological polar surface area (TPSA) is 58.2 Å². The molecule has 0 aromatic heterocycles. The minimum atomic E-state index is -3.59. The number of nitrogens with one attached hydrogen (secondary N) is 2. The van der Waals surface area contributed by atoms with Crippen LogP contribution in [0, 0.1) is 11.8 Å². The van der Waals surface area contributed by atoms with Crippen LogP contribution >= 0.6 is 35.6 Å². The second-order valence-electron chi connectivity index (χ2n) is 4.71. The van der Waals surface area contributed by atoms with E-state index in [1.54, 1.807) is 6.07 Å². The number of hydrogen-bond donors (Lipinski definition) is 2. The van der Waals surface area contributed by atoms with Crippen LogP contribution in [0.1, 0.15) is 0 Å². The molecule has 2 atom stereocenters. The van der Waals surface area contributed by atoms with Crippen molar-refractivity contribution in [2.24, 2.45) is 11.8 Å². The van der Waals surface area contributed by atoms with Gasteiger partial charge in [-0.3, -0.25) is 0 Å². The third-order valence-corrected chi connectivity index (χ3v) is 5.74. The van der Waals surface area contributed by atoms with Crippen LogP contribution in [0.3, 0.4) is 0 Å². The summed E-state index contributed by atoms with van der Waals surface area (Å²) in [5.74, 6) is 0.829. The summed E-state index contributed by atoms with van der Waals surface area (Å²) in [7, 11) is -3.59. The highest BCUT2D eigenvalue weighted by Crippen LogP contribution is 2.42. The third kappa shape index (κ3) is 2.86. The Bertz CT molecular complexity index is 584. The Morgan fingerprint density at radius 3 is 2.47 bits per heavy atom. The molecule has 1 aromatic carbocycles. The summed E-state index contributed by atoms with van der Waals surface area (Å²) < 4.78 is 27.1. The van der Waals surface area contributed by atoms with Gasteiger partial charge in [-0.2, -0.15) is 0 Å². The van der Waals surface area contributed by atoms with E-state index in [-0.39, 0.29) is 28.4 Å². The summed E-state index contributed by atoms with van der Waals surface area (Å²) in [5, 5.41) is 3.77. The van der Waals surface area contributed by atoms with E-state index < -0.39 is 10.0 Å². The fourth-order valence-corrected chi connectivity index (χ4v) is 4.62. The molecule has 1 saturated heterocycles. The van der Waals surface area contributed by atoms with E-state index in [0.717, 1.165) is 13.1 Å². The largest absolute Gasteiger partial charge is 0.316 e. The van der Waals surface area contributed by atoms with Crippen molar-refractivity contribution in [2.75, 3.05) is 13.1 Å².